The van der Waals surface area contributed by atoms with Gasteiger partial charge in [0.15, 0.2) is 0 Å². The van der Waals surface area contributed by atoms with Crippen molar-refractivity contribution >= 4 is 23.0 Å². The Labute approximate surface area is 190 Å². The van der Waals surface area contributed by atoms with Crippen LogP contribution in [0, 0.1) is 20.2 Å². The Morgan fingerprint density at radius 1 is 0.848 bits per heavy atom. The van der Waals surface area contributed by atoms with Crippen LogP contribution in [0.25, 0.3) is 0 Å². The topological polar surface area (TPSA) is 107 Å². The molecule has 0 aliphatic carbocycles. The molecular weight excluding hydrogens is 422 g/mol. The Morgan fingerprint density at radius 2 is 1.39 bits per heavy atom. The second-order valence-corrected chi connectivity index (χ2v) is 9.10. The average Bonchev–Trinajstić information content (AvgIpc) is 2.78. The van der Waals surface area contributed by atoms with Gasteiger partial charge in [-0.3, -0.25) is 25.0 Å². The maximum Gasteiger partial charge on any atom is 0.276 e. The number of para-hydroxylation sites is 1. The van der Waals surface area contributed by atoms with Gasteiger partial charge in [0.1, 0.15) is 0 Å². The maximum atomic E-state index is 13.6. The van der Waals surface area contributed by atoms with Crippen LogP contribution in [0.1, 0.15) is 48.7 Å². The molecule has 1 heterocycles. The molecule has 0 saturated carbocycles. The van der Waals surface area contributed by atoms with Crippen LogP contribution in [-0.2, 0) is 5.41 Å². The van der Waals surface area contributed by atoms with Gasteiger partial charge in [-0.1, -0.05) is 43.3 Å². The molecule has 0 spiro atoms. The summed E-state index contributed by atoms with van der Waals surface area (Å²) in [4.78, 5) is 37.1. The van der Waals surface area contributed by atoms with Gasteiger partial charge >= 0.3 is 0 Å². The Hall–Kier alpha value is -4.07. The number of nitrogens with zero attached hydrogens (tertiary/aromatic N) is 3. The monoisotopic (exact) mass is 445 g/mol. The van der Waals surface area contributed by atoms with Gasteiger partial charge < -0.3 is 4.90 Å². The van der Waals surface area contributed by atoms with Crippen molar-refractivity contribution in [3.05, 3.63) is 110 Å². The maximum absolute atomic E-state index is 13.6. The number of carbonyl (C=O) groups excluding carboxylic acids is 1. The minimum atomic E-state index is -0.801. The predicted molar refractivity (Wildman–Crippen MR) is 125 cm³/mol. The van der Waals surface area contributed by atoms with E-state index in [0.717, 1.165) is 11.6 Å². The number of benzene rings is 3. The van der Waals surface area contributed by atoms with Crippen molar-refractivity contribution in [3.8, 4) is 0 Å². The largest absolute Gasteiger partial charge is 0.302 e. The zero-order valence-electron chi connectivity index (χ0n) is 18.5. The van der Waals surface area contributed by atoms with E-state index in [1.165, 1.54) is 12.1 Å². The van der Waals surface area contributed by atoms with Gasteiger partial charge in [0.25, 0.3) is 17.3 Å². The van der Waals surface area contributed by atoms with Gasteiger partial charge in [-0.2, -0.15) is 0 Å². The van der Waals surface area contributed by atoms with Gasteiger partial charge in [-0.05, 0) is 49.6 Å². The van der Waals surface area contributed by atoms with Crippen LogP contribution in [0.5, 0.6) is 0 Å². The molecule has 0 aromatic heterocycles. The van der Waals surface area contributed by atoms with Crippen LogP contribution in [-0.4, -0.2) is 21.3 Å². The number of fused-ring (bicyclic) bond motifs is 1. The quantitative estimate of drug-likeness (QED) is 0.382. The molecule has 8 heteroatoms. The van der Waals surface area contributed by atoms with E-state index < -0.39 is 20.8 Å². The lowest BCUT2D eigenvalue weighted by Crippen LogP contribution is -2.55. The van der Waals surface area contributed by atoms with Gasteiger partial charge in [0.05, 0.1) is 15.9 Å². The van der Waals surface area contributed by atoms with Crippen LogP contribution >= 0.6 is 0 Å². The minimum absolute atomic E-state index is 0.153. The summed E-state index contributed by atoms with van der Waals surface area (Å²) in [6.07, 6.45) is 0.411. The fraction of sp³-hybridized carbons (Fsp3) is 0.240. The summed E-state index contributed by atoms with van der Waals surface area (Å²) in [5.74, 6) is -0.153. The highest BCUT2D eigenvalue weighted by atomic mass is 16.6. The highest BCUT2D eigenvalue weighted by molar-refractivity contribution is 6.08. The molecular formula is C25H23N3O5. The molecule has 1 aliphatic rings. The van der Waals surface area contributed by atoms with Crippen LogP contribution < -0.4 is 4.90 Å². The SMILES string of the molecule is CC1(C)C[C@@](C)(c2cc([N+](=O)[O-])cc([N+](=O)[O-])c2)c2ccccc2N1C(=O)c1ccccc1. The number of amides is 1. The van der Waals surface area contributed by atoms with Gasteiger partial charge in [-0.15, -0.1) is 0 Å². The molecule has 0 bridgehead atoms. The van der Waals surface area contributed by atoms with Crippen molar-refractivity contribution < 1.29 is 14.6 Å². The Kier molecular flexibility index (Phi) is 5.24. The van der Waals surface area contributed by atoms with E-state index in [1.807, 2.05) is 63.2 Å². The molecule has 3 aromatic rings. The number of carbonyl (C=O) groups is 1. The van der Waals surface area contributed by atoms with Crippen molar-refractivity contribution in [1.29, 1.82) is 0 Å². The zero-order chi connectivity index (χ0) is 24.0. The molecule has 3 aromatic carbocycles. The van der Waals surface area contributed by atoms with E-state index in [2.05, 4.69) is 0 Å². The molecule has 0 N–H and O–H groups in total. The fourth-order valence-electron chi connectivity index (χ4n) is 4.98. The summed E-state index contributed by atoms with van der Waals surface area (Å²) >= 11 is 0. The van der Waals surface area contributed by atoms with Crippen molar-refractivity contribution in [3.63, 3.8) is 0 Å². The van der Waals surface area contributed by atoms with E-state index >= 15 is 0 Å². The number of nitro benzene ring substituents is 2. The summed E-state index contributed by atoms with van der Waals surface area (Å²) in [7, 11) is 0. The second-order valence-electron chi connectivity index (χ2n) is 9.10. The lowest BCUT2D eigenvalue weighted by atomic mass is 9.65. The van der Waals surface area contributed by atoms with Crippen molar-refractivity contribution in [2.75, 3.05) is 4.90 Å². The molecule has 0 unspecified atom stereocenters. The Bertz CT molecular complexity index is 1240. The Balaban J connectivity index is 1.94. The van der Waals surface area contributed by atoms with E-state index in [0.29, 0.717) is 23.2 Å². The smallest absolute Gasteiger partial charge is 0.276 e. The Morgan fingerprint density at radius 3 is 1.97 bits per heavy atom. The van der Waals surface area contributed by atoms with Crippen LogP contribution in [0.15, 0.2) is 72.8 Å². The fourth-order valence-corrected chi connectivity index (χ4v) is 4.98. The second kappa shape index (κ2) is 7.81. The van der Waals surface area contributed by atoms with Crippen LogP contribution in [0.4, 0.5) is 17.1 Å². The molecule has 168 valence electrons. The first kappa shape index (κ1) is 22.1. The summed E-state index contributed by atoms with van der Waals surface area (Å²) < 4.78 is 0. The average molecular weight is 445 g/mol. The lowest BCUT2D eigenvalue weighted by molar-refractivity contribution is -0.394. The zero-order valence-corrected chi connectivity index (χ0v) is 18.5. The van der Waals surface area contributed by atoms with Gasteiger partial charge in [-0.25, -0.2) is 0 Å². The molecule has 0 radical (unpaired) electrons. The van der Waals surface area contributed by atoms with Gasteiger partial charge in [0.2, 0.25) is 0 Å². The normalized spacial score (nSPS) is 18.9. The van der Waals surface area contributed by atoms with Crippen LogP contribution in [0.2, 0.25) is 0 Å². The number of anilines is 1. The number of nitro groups is 2. The number of hydrogen-bond acceptors (Lipinski definition) is 5. The number of rotatable bonds is 4. The summed E-state index contributed by atoms with van der Waals surface area (Å²) in [6.45, 7) is 5.79. The van der Waals surface area contributed by atoms with E-state index in [9.17, 15) is 25.0 Å². The first-order chi connectivity index (χ1) is 15.5. The lowest BCUT2D eigenvalue weighted by Gasteiger charge is -2.51. The molecule has 8 nitrogen and oxygen atoms in total. The highest BCUT2D eigenvalue weighted by Crippen LogP contribution is 2.51. The third-order valence-electron chi connectivity index (χ3n) is 6.32. The molecule has 0 saturated heterocycles. The highest BCUT2D eigenvalue weighted by Gasteiger charge is 2.48. The molecule has 1 aliphatic heterocycles. The summed E-state index contributed by atoms with van der Waals surface area (Å²) in [6, 6.07) is 20.2. The third-order valence-corrected chi connectivity index (χ3v) is 6.32. The molecule has 4 rings (SSSR count). The first-order valence-corrected chi connectivity index (χ1v) is 10.5. The van der Waals surface area contributed by atoms with E-state index in [-0.39, 0.29) is 17.3 Å². The van der Waals surface area contributed by atoms with Crippen molar-refractivity contribution in [2.45, 2.75) is 38.1 Å². The van der Waals surface area contributed by atoms with Crippen molar-refractivity contribution in [1.82, 2.24) is 0 Å². The summed E-state index contributed by atoms with van der Waals surface area (Å²) in [5.41, 5.74) is 0.324. The standard InChI is InChI=1S/C25H23N3O5/c1-24(2)16-25(3,18-13-19(27(30)31)15-20(14-18)28(32)33)21-11-7-8-12-22(21)26(24)23(29)17-9-5-4-6-10-17/h4-15H,16H2,1-3H3/t25-/m0/s1. The third kappa shape index (κ3) is 3.73. The minimum Gasteiger partial charge on any atom is -0.302 e. The number of hydrogen-bond donors (Lipinski definition) is 0. The van der Waals surface area contributed by atoms with Crippen LogP contribution in [0.3, 0.4) is 0 Å². The molecule has 1 atom stereocenters. The summed E-state index contributed by atoms with van der Waals surface area (Å²) in [5, 5.41) is 23.0. The van der Waals surface area contributed by atoms with E-state index in [1.54, 1.807) is 17.0 Å². The molecule has 0 fully saturated rings. The predicted octanol–water partition coefficient (Wildman–Crippen LogP) is 5.64. The first-order valence-electron chi connectivity index (χ1n) is 10.5. The van der Waals surface area contributed by atoms with Gasteiger partial charge in [0, 0.05) is 34.3 Å². The molecule has 33 heavy (non-hydrogen) atoms. The molecule has 1 amide bonds. The number of non-ortho nitro benzene ring substituents is 2. The van der Waals surface area contributed by atoms with E-state index in [4.69, 9.17) is 0 Å². The van der Waals surface area contributed by atoms with Crippen molar-refractivity contribution in [2.24, 2.45) is 0 Å².